The van der Waals surface area contributed by atoms with Crippen LogP contribution in [0.25, 0.3) is 0 Å². The lowest BCUT2D eigenvalue weighted by Crippen LogP contribution is -2.28. The molecule has 0 fully saturated rings. The summed E-state index contributed by atoms with van der Waals surface area (Å²) < 4.78 is 38.5. The number of nitrogen functional groups attached to an aromatic ring is 1. The number of thioether (sulfide) groups is 2. The summed E-state index contributed by atoms with van der Waals surface area (Å²) in [6.07, 6.45) is -2.77. The van der Waals surface area contributed by atoms with E-state index in [2.05, 4.69) is 9.97 Å². The van der Waals surface area contributed by atoms with Crippen molar-refractivity contribution in [3.05, 3.63) is 35.4 Å². The highest BCUT2D eigenvalue weighted by Gasteiger charge is 2.31. The second-order valence-electron chi connectivity index (χ2n) is 5.17. The zero-order chi connectivity index (χ0) is 20.2. The number of anilines is 2. The number of carbonyl (C=O) groups is 1. The van der Waals surface area contributed by atoms with Crippen LogP contribution >= 0.6 is 23.5 Å². The van der Waals surface area contributed by atoms with E-state index in [-0.39, 0.29) is 28.0 Å². The Labute approximate surface area is 162 Å². The minimum absolute atomic E-state index is 0.0282. The molecule has 0 saturated carbocycles. The van der Waals surface area contributed by atoms with Crippen molar-refractivity contribution in [2.75, 3.05) is 29.7 Å². The van der Waals surface area contributed by atoms with Gasteiger partial charge >= 0.3 is 6.18 Å². The highest BCUT2D eigenvalue weighted by atomic mass is 32.2. The maximum Gasteiger partial charge on any atom is 0.416 e. The molecule has 2 N–H and O–H groups in total. The van der Waals surface area contributed by atoms with Gasteiger partial charge in [-0.25, -0.2) is 9.97 Å². The molecule has 1 aromatic heterocycles. The van der Waals surface area contributed by atoms with E-state index < -0.39 is 17.6 Å². The molecule has 0 bridgehead atoms. The SMILES string of the molecule is CSc1nc(N)nc(SCC(=O)N(C)c2cccc(C(F)(F)F)c2)c1C#N. The van der Waals surface area contributed by atoms with Crippen LogP contribution in [0.5, 0.6) is 0 Å². The summed E-state index contributed by atoms with van der Waals surface area (Å²) in [6, 6.07) is 6.46. The van der Waals surface area contributed by atoms with Crippen LogP contribution in [0.2, 0.25) is 0 Å². The molecule has 27 heavy (non-hydrogen) atoms. The fraction of sp³-hybridized carbons (Fsp3) is 0.250. The summed E-state index contributed by atoms with van der Waals surface area (Å²) in [5.41, 5.74) is 5.09. The summed E-state index contributed by atoms with van der Waals surface area (Å²) >= 11 is 2.20. The molecule has 6 nitrogen and oxygen atoms in total. The Morgan fingerprint density at radius 2 is 2.00 bits per heavy atom. The average molecular weight is 413 g/mol. The lowest BCUT2D eigenvalue weighted by atomic mass is 10.2. The third-order valence-corrected chi connectivity index (χ3v) is 5.07. The lowest BCUT2D eigenvalue weighted by molar-refractivity contribution is -0.137. The van der Waals surface area contributed by atoms with Crippen molar-refractivity contribution in [1.82, 2.24) is 9.97 Å². The zero-order valence-corrected chi connectivity index (χ0v) is 15.9. The summed E-state index contributed by atoms with van der Waals surface area (Å²) in [6.45, 7) is 0. The quantitative estimate of drug-likeness (QED) is 0.593. The van der Waals surface area contributed by atoms with E-state index >= 15 is 0 Å². The largest absolute Gasteiger partial charge is 0.416 e. The highest BCUT2D eigenvalue weighted by molar-refractivity contribution is 8.00. The van der Waals surface area contributed by atoms with E-state index in [1.807, 2.05) is 6.07 Å². The monoisotopic (exact) mass is 413 g/mol. The third-order valence-electron chi connectivity index (χ3n) is 3.43. The van der Waals surface area contributed by atoms with Gasteiger partial charge in [-0.05, 0) is 24.5 Å². The number of carbonyl (C=O) groups excluding carboxylic acids is 1. The van der Waals surface area contributed by atoms with Gasteiger partial charge in [0.1, 0.15) is 21.7 Å². The Morgan fingerprint density at radius 1 is 1.33 bits per heavy atom. The number of nitrogens with two attached hydrogens (primary N) is 1. The van der Waals surface area contributed by atoms with E-state index in [0.29, 0.717) is 5.03 Å². The van der Waals surface area contributed by atoms with Gasteiger partial charge in [0.05, 0.1) is 11.3 Å². The number of benzene rings is 1. The van der Waals surface area contributed by atoms with Crippen molar-refractivity contribution in [1.29, 1.82) is 5.26 Å². The first-order valence-corrected chi connectivity index (χ1v) is 9.56. The van der Waals surface area contributed by atoms with Gasteiger partial charge < -0.3 is 10.6 Å². The normalized spacial score (nSPS) is 11.1. The maximum absolute atomic E-state index is 12.8. The molecule has 0 spiro atoms. The zero-order valence-electron chi connectivity index (χ0n) is 14.2. The fourth-order valence-electron chi connectivity index (χ4n) is 2.05. The molecule has 0 aliphatic rings. The number of amides is 1. The molecule has 2 aromatic rings. The molecule has 1 amide bonds. The predicted octanol–water partition coefficient (Wildman–Crippen LogP) is 3.43. The van der Waals surface area contributed by atoms with Crippen LogP contribution in [-0.4, -0.2) is 34.9 Å². The van der Waals surface area contributed by atoms with Gasteiger partial charge in [0.25, 0.3) is 0 Å². The Morgan fingerprint density at radius 3 is 2.59 bits per heavy atom. The van der Waals surface area contributed by atoms with Crippen LogP contribution in [0.4, 0.5) is 24.8 Å². The smallest absolute Gasteiger partial charge is 0.368 e. The molecule has 1 heterocycles. The van der Waals surface area contributed by atoms with Gasteiger partial charge in [0, 0.05) is 12.7 Å². The van der Waals surface area contributed by atoms with Crippen LogP contribution in [0.1, 0.15) is 11.1 Å². The lowest BCUT2D eigenvalue weighted by Gasteiger charge is -2.18. The number of nitrogens with zero attached hydrogens (tertiary/aromatic N) is 4. The van der Waals surface area contributed by atoms with Crippen molar-refractivity contribution < 1.29 is 18.0 Å². The van der Waals surface area contributed by atoms with Crippen molar-refractivity contribution in [2.45, 2.75) is 16.2 Å². The van der Waals surface area contributed by atoms with Gasteiger partial charge in [-0.1, -0.05) is 17.8 Å². The summed E-state index contributed by atoms with van der Waals surface area (Å²) in [4.78, 5) is 21.4. The standard InChI is InChI=1S/C16H14F3N5OS2/c1-24(10-5-3-4-9(6-10)16(17,18)19)12(25)8-27-14-11(7-20)13(26-2)22-15(21)23-14/h3-6H,8H2,1-2H3,(H2,21,22,23). The molecule has 11 heteroatoms. The van der Waals surface area contributed by atoms with Gasteiger partial charge in [-0.3, -0.25) is 4.79 Å². The molecule has 0 aliphatic carbocycles. The summed E-state index contributed by atoms with van der Waals surface area (Å²) in [5, 5.41) is 9.93. The Bertz CT molecular complexity index is 899. The summed E-state index contributed by atoms with van der Waals surface area (Å²) in [7, 11) is 1.38. The van der Waals surface area contributed by atoms with Gasteiger partial charge in [-0.2, -0.15) is 18.4 Å². The van der Waals surface area contributed by atoms with E-state index in [4.69, 9.17) is 5.73 Å². The first kappa shape index (κ1) is 20.9. The molecule has 0 unspecified atom stereocenters. The van der Waals surface area contributed by atoms with Gasteiger partial charge in [0.15, 0.2) is 0 Å². The summed E-state index contributed by atoms with van der Waals surface area (Å²) in [5.74, 6) is -0.614. The highest BCUT2D eigenvalue weighted by Crippen LogP contribution is 2.32. The Kier molecular flexibility index (Phi) is 6.56. The molecule has 2 rings (SSSR count). The van der Waals surface area contributed by atoms with Crippen LogP contribution < -0.4 is 10.6 Å². The predicted molar refractivity (Wildman–Crippen MR) is 98.5 cm³/mol. The third kappa shape index (κ3) is 5.05. The number of halogens is 3. The van der Waals surface area contributed by atoms with Crippen molar-refractivity contribution >= 4 is 41.1 Å². The number of nitriles is 1. The molecule has 0 atom stereocenters. The van der Waals surface area contributed by atoms with E-state index in [1.54, 1.807) is 6.26 Å². The van der Waals surface area contributed by atoms with Crippen molar-refractivity contribution in [3.8, 4) is 6.07 Å². The molecule has 1 aromatic carbocycles. The number of rotatable bonds is 5. The van der Waals surface area contributed by atoms with E-state index in [9.17, 15) is 23.2 Å². The molecule has 142 valence electrons. The number of hydrogen-bond acceptors (Lipinski definition) is 7. The van der Waals surface area contributed by atoms with Crippen molar-refractivity contribution in [2.24, 2.45) is 0 Å². The second-order valence-corrected chi connectivity index (χ2v) is 6.93. The fourth-order valence-corrected chi connectivity index (χ4v) is 3.54. The first-order chi connectivity index (χ1) is 12.7. The van der Waals surface area contributed by atoms with Crippen LogP contribution in [0.3, 0.4) is 0 Å². The first-order valence-electron chi connectivity index (χ1n) is 7.35. The van der Waals surface area contributed by atoms with Gasteiger partial charge in [-0.15, -0.1) is 11.8 Å². The van der Waals surface area contributed by atoms with E-state index in [0.717, 1.165) is 28.8 Å². The Balaban J connectivity index is 2.17. The number of hydrogen-bond donors (Lipinski definition) is 1. The van der Waals surface area contributed by atoms with Crippen LogP contribution in [-0.2, 0) is 11.0 Å². The minimum atomic E-state index is -4.50. The van der Waals surface area contributed by atoms with Crippen LogP contribution in [0.15, 0.2) is 34.3 Å². The molecule has 0 aliphatic heterocycles. The minimum Gasteiger partial charge on any atom is -0.368 e. The van der Waals surface area contributed by atoms with Crippen LogP contribution in [0, 0.1) is 11.3 Å². The topological polar surface area (TPSA) is 95.9 Å². The van der Waals surface area contributed by atoms with Crippen molar-refractivity contribution in [3.63, 3.8) is 0 Å². The molecule has 0 radical (unpaired) electrons. The number of aromatic nitrogens is 2. The average Bonchev–Trinajstić information content (AvgIpc) is 2.64. The van der Waals surface area contributed by atoms with E-state index in [1.165, 1.54) is 30.9 Å². The molecular formula is C16H14F3N5OS2. The molecular weight excluding hydrogens is 399 g/mol. The second kappa shape index (κ2) is 8.49. The Hall–Kier alpha value is -2.45. The number of alkyl halides is 3. The van der Waals surface area contributed by atoms with Gasteiger partial charge in [0.2, 0.25) is 11.9 Å². The maximum atomic E-state index is 12.8. The molecule has 0 saturated heterocycles.